The van der Waals surface area contributed by atoms with Gasteiger partial charge < -0.3 is 86.6 Å². The standard InChI is InChI=1S/C44H80N6O17/c1-27(53)19-22-46-34(57)16-7-4-11-21-47-42(63)30(50-35(58)18-9-6-14-24-65-44-37(49-29(3)55)41(62)39(60)32(26-52)67-44)15-10-12-20-45-33(56)17-8-5-13-23-64-43-36(48-28(2)54)40(61)38(59)31(25-51)66-43/h27,30-32,36-41,43-44,51-53,59-62H,4-26H2,1-3H3,(H,45,56)(H,46,57)(H,47,63)(H,48,54)(H,49,55)(H,50,58)/t27?,30-,31?,32?,36?,37?,38?,39?,40?,41?,43?,44?/m0/s1. The van der Waals surface area contributed by atoms with Gasteiger partial charge in [0, 0.05) is 66.0 Å². The number of hydrogen-bond acceptors (Lipinski definition) is 17. The fraction of sp³-hybridized carbons (Fsp3) is 0.864. The quantitative estimate of drug-likeness (QED) is 0.0293. The van der Waals surface area contributed by atoms with Crippen molar-refractivity contribution in [2.75, 3.05) is 46.1 Å². The number of rotatable bonds is 34. The molecule has 2 aliphatic heterocycles. The van der Waals surface area contributed by atoms with E-state index in [0.717, 1.165) is 0 Å². The molecular formula is C44H80N6O17. The number of nitrogens with one attached hydrogen (secondary N) is 6. The van der Waals surface area contributed by atoms with Gasteiger partial charge in [-0.05, 0) is 71.1 Å². The number of aliphatic hydroxyl groups excluding tert-OH is 7. The van der Waals surface area contributed by atoms with Crippen molar-refractivity contribution in [3.8, 4) is 0 Å². The number of unbranched alkanes of at least 4 members (excludes halogenated alkanes) is 7. The maximum absolute atomic E-state index is 13.3. The highest BCUT2D eigenvalue weighted by Crippen LogP contribution is 2.24. The van der Waals surface area contributed by atoms with Gasteiger partial charge in [0.2, 0.25) is 35.4 Å². The van der Waals surface area contributed by atoms with Crippen molar-refractivity contribution in [2.24, 2.45) is 0 Å². The molecule has 2 aliphatic rings. The third-order valence-corrected chi connectivity index (χ3v) is 11.3. The summed E-state index contributed by atoms with van der Waals surface area (Å²) in [5, 5.41) is 85.9. The van der Waals surface area contributed by atoms with Crippen LogP contribution in [0.2, 0.25) is 0 Å². The van der Waals surface area contributed by atoms with Crippen molar-refractivity contribution in [2.45, 2.75) is 197 Å². The second-order valence-electron chi connectivity index (χ2n) is 17.3. The Morgan fingerprint density at radius 1 is 0.537 bits per heavy atom. The number of carbonyl (C=O) groups excluding carboxylic acids is 6. The molecule has 2 rings (SSSR count). The first-order valence-electron chi connectivity index (χ1n) is 23.8. The SMILES string of the molecule is CC(=O)NC1C(OCCCCCC(=O)NCCCC[C@H](NC(=O)CCCCCOC2OC(CO)C(O)C(O)C2NC(C)=O)C(=O)NCCCCCC(=O)NCCC(C)O)OC(CO)C(O)C1O. The molecule has 0 saturated carbocycles. The van der Waals surface area contributed by atoms with Crippen LogP contribution in [-0.2, 0) is 47.7 Å². The molecule has 23 heteroatoms. The van der Waals surface area contributed by atoms with E-state index in [9.17, 15) is 64.5 Å². The molecule has 388 valence electrons. The molecule has 2 saturated heterocycles. The highest BCUT2D eigenvalue weighted by Gasteiger charge is 2.46. The summed E-state index contributed by atoms with van der Waals surface area (Å²) in [6.07, 6.45) is -2.80. The van der Waals surface area contributed by atoms with Crippen molar-refractivity contribution in [1.82, 2.24) is 31.9 Å². The van der Waals surface area contributed by atoms with Gasteiger partial charge in [-0.3, -0.25) is 28.8 Å². The van der Waals surface area contributed by atoms with Crippen molar-refractivity contribution < 1.29 is 83.5 Å². The van der Waals surface area contributed by atoms with Crippen LogP contribution in [0.1, 0.15) is 124 Å². The number of ether oxygens (including phenoxy) is 4. The lowest BCUT2D eigenvalue weighted by Gasteiger charge is -2.42. The molecule has 0 aromatic heterocycles. The van der Waals surface area contributed by atoms with Crippen LogP contribution in [0.5, 0.6) is 0 Å². The summed E-state index contributed by atoms with van der Waals surface area (Å²) in [6, 6.07) is -2.91. The van der Waals surface area contributed by atoms with E-state index in [4.69, 9.17) is 18.9 Å². The van der Waals surface area contributed by atoms with Crippen molar-refractivity contribution in [3.63, 3.8) is 0 Å². The molecule has 12 atom stereocenters. The third kappa shape index (κ3) is 24.0. The molecule has 0 spiro atoms. The maximum atomic E-state index is 13.3. The minimum absolute atomic E-state index is 0.0996. The Morgan fingerprint density at radius 3 is 1.43 bits per heavy atom. The van der Waals surface area contributed by atoms with E-state index < -0.39 is 98.5 Å². The lowest BCUT2D eigenvalue weighted by atomic mass is 9.97. The normalized spacial score (nSPS) is 25.9. The summed E-state index contributed by atoms with van der Waals surface area (Å²) in [5.74, 6) is -1.84. The Labute approximate surface area is 393 Å². The average Bonchev–Trinajstić information content (AvgIpc) is 3.27. The molecule has 0 aromatic rings. The molecule has 67 heavy (non-hydrogen) atoms. The van der Waals surface area contributed by atoms with Gasteiger partial charge in [-0.15, -0.1) is 0 Å². The van der Waals surface area contributed by atoms with Crippen LogP contribution in [0, 0.1) is 0 Å². The van der Waals surface area contributed by atoms with E-state index in [-0.39, 0.29) is 49.7 Å². The fourth-order valence-corrected chi connectivity index (χ4v) is 7.51. The van der Waals surface area contributed by atoms with E-state index in [0.29, 0.717) is 110 Å². The average molecular weight is 965 g/mol. The first-order chi connectivity index (χ1) is 32.0. The largest absolute Gasteiger partial charge is 0.394 e. The molecule has 11 unspecified atom stereocenters. The lowest BCUT2D eigenvalue weighted by Crippen LogP contribution is -2.64. The van der Waals surface area contributed by atoms with Crippen molar-refractivity contribution in [1.29, 1.82) is 0 Å². The molecule has 0 aliphatic carbocycles. The summed E-state index contributed by atoms with van der Waals surface area (Å²) in [6.45, 7) is 4.46. The topological polar surface area (TPSA) is 353 Å². The molecule has 0 radical (unpaired) electrons. The zero-order valence-corrected chi connectivity index (χ0v) is 39.4. The Bertz CT molecular complexity index is 1470. The summed E-state index contributed by atoms with van der Waals surface area (Å²) in [7, 11) is 0. The molecule has 13 N–H and O–H groups in total. The smallest absolute Gasteiger partial charge is 0.242 e. The van der Waals surface area contributed by atoms with Gasteiger partial charge >= 0.3 is 0 Å². The number of amides is 6. The molecule has 2 fully saturated rings. The van der Waals surface area contributed by atoms with Crippen LogP contribution in [0.15, 0.2) is 0 Å². The predicted molar refractivity (Wildman–Crippen MR) is 239 cm³/mol. The second kappa shape index (κ2) is 33.8. The predicted octanol–water partition coefficient (Wildman–Crippen LogP) is -2.64. The highest BCUT2D eigenvalue weighted by molar-refractivity contribution is 5.87. The van der Waals surface area contributed by atoms with Crippen molar-refractivity contribution in [3.05, 3.63) is 0 Å². The van der Waals surface area contributed by atoms with Crippen LogP contribution in [0.4, 0.5) is 0 Å². The summed E-state index contributed by atoms with van der Waals surface area (Å²) < 4.78 is 22.6. The highest BCUT2D eigenvalue weighted by atomic mass is 16.7. The molecule has 0 aromatic carbocycles. The van der Waals surface area contributed by atoms with Gasteiger partial charge in [-0.1, -0.05) is 19.3 Å². The van der Waals surface area contributed by atoms with Crippen LogP contribution < -0.4 is 31.9 Å². The van der Waals surface area contributed by atoms with Crippen LogP contribution in [0.25, 0.3) is 0 Å². The van der Waals surface area contributed by atoms with E-state index in [1.807, 2.05) is 0 Å². The van der Waals surface area contributed by atoms with Gasteiger partial charge in [0.25, 0.3) is 0 Å². The van der Waals surface area contributed by atoms with Gasteiger partial charge in [0.15, 0.2) is 12.6 Å². The molecular weight excluding hydrogens is 885 g/mol. The summed E-state index contributed by atoms with van der Waals surface area (Å²) in [4.78, 5) is 74.1. The second-order valence-corrected chi connectivity index (χ2v) is 17.3. The molecule has 2 heterocycles. The number of carbonyl (C=O) groups is 6. The van der Waals surface area contributed by atoms with E-state index >= 15 is 0 Å². The number of hydrogen-bond donors (Lipinski definition) is 13. The maximum Gasteiger partial charge on any atom is 0.242 e. The molecule has 23 nitrogen and oxygen atoms in total. The van der Waals surface area contributed by atoms with Crippen molar-refractivity contribution >= 4 is 35.4 Å². The van der Waals surface area contributed by atoms with E-state index in [2.05, 4.69) is 31.9 Å². The summed E-state index contributed by atoms with van der Waals surface area (Å²) >= 11 is 0. The zero-order valence-electron chi connectivity index (χ0n) is 39.4. The summed E-state index contributed by atoms with van der Waals surface area (Å²) in [5.41, 5.74) is 0. The van der Waals surface area contributed by atoms with Gasteiger partial charge in [0.1, 0.15) is 54.7 Å². The van der Waals surface area contributed by atoms with Gasteiger partial charge in [0.05, 0.1) is 19.3 Å². The first-order valence-corrected chi connectivity index (χ1v) is 23.8. The monoisotopic (exact) mass is 965 g/mol. The Morgan fingerprint density at radius 2 is 0.970 bits per heavy atom. The van der Waals surface area contributed by atoms with E-state index in [1.165, 1.54) is 13.8 Å². The van der Waals surface area contributed by atoms with Crippen LogP contribution >= 0.6 is 0 Å². The van der Waals surface area contributed by atoms with Gasteiger partial charge in [-0.25, -0.2) is 0 Å². The molecule has 0 bridgehead atoms. The fourth-order valence-electron chi connectivity index (χ4n) is 7.51. The first kappa shape index (κ1) is 59.5. The Balaban J connectivity index is 1.76. The lowest BCUT2D eigenvalue weighted by molar-refractivity contribution is -0.270. The Hall–Kier alpha value is -3.62. The zero-order chi connectivity index (χ0) is 49.7. The van der Waals surface area contributed by atoms with Crippen LogP contribution in [-0.4, -0.2) is 191 Å². The Kier molecular flexibility index (Phi) is 30.0. The third-order valence-electron chi connectivity index (χ3n) is 11.3. The minimum atomic E-state index is -1.43. The number of aliphatic hydroxyl groups is 7. The minimum Gasteiger partial charge on any atom is -0.394 e. The molecule has 6 amide bonds. The van der Waals surface area contributed by atoms with Gasteiger partial charge in [-0.2, -0.15) is 0 Å². The van der Waals surface area contributed by atoms with Crippen LogP contribution in [0.3, 0.4) is 0 Å². The van der Waals surface area contributed by atoms with E-state index in [1.54, 1.807) is 6.92 Å².